The standard InChI is InChI=1S/C12H12N2O3S2/c1-2-8-10(11(16)17)19-12(13-8)14-9(15)6-7-4-3-5-18-7/h3-5H,2,6H2,1H3,(H,16,17)(H,13,14,15). The van der Waals surface area contributed by atoms with Gasteiger partial charge in [-0.15, -0.1) is 11.3 Å². The maximum Gasteiger partial charge on any atom is 0.347 e. The molecule has 2 heterocycles. The quantitative estimate of drug-likeness (QED) is 0.889. The van der Waals surface area contributed by atoms with Crippen molar-refractivity contribution in [3.63, 3.8) is 0 Å². The highest BCUT2D eigenvalue weighted by Crippen LogP contribution is 2.23. The lowest BCUT2D eigenvalue weighted by Crippen LogP contribution is -2.13. The molecule has 0 radical (unpaired) electrons. The van der Waals surface area contributed by atoms with Crippen LogP contribution in [-0.2, 0) is 17.6 Å². The van der Waals surface area contributed by atoms with E-state index >= 15 is 0 Å². The summed E-state index contributed by atoms with van der Waals surface area (Å²) in [5.41, 5.74) is 0.504. The summed E-state index contributed by atoms with van der Waals surface area (Å²) < 4.78 is 0. The number of carbonyl (C=O) groups excluding carboxylic acids is 1. The first-order valence-corrected chi connectivity index (χ1v) is 7.35. The fourth-order valence-electron chi connectivity index (χ4n) is 1.55. The SMILES string of the molecule is CCc1nc(NC(=O)Cc2cccs2)sc1C(=O)O. The van der Waals surface area contributed by atoms with Crippen LogP contribution in [0.5, 0.6) is 0 Å². The van der Waals surface area contributed by atoms with E-state index in [0.717, 1.165) is 16.2 Å². The molecule has 0 saturated carbocycles. The van der Waals surface area contributed by atoms with E-state index < -0.39 is 5.97 Å². The van der Waals surface area contributed by atoms with Gasteiger partial charge in [-0.05, 0) is 17.9 Å². The molecule has 0 bridgehead atoms. The molecule has 0 aliphatic heterocycles. The number of anilines is 1. The van der Waals surface area contributed by atoms with Crippen molar-refractivity contribution in [1.29, 1.82) is 0 Å². The Kier molecular flexibility index (Phi) is 4.28. The van der Waals surface area contributed by atoms with Gasteiger partial charge in [0.2, 0.25) is 5.91 Å². The average Bonchev–Trinajstić information content (AvgIpc) is 2.97. The molecule has 5 nitrogen and oxygen atoms in total. The molecule has 2 aromatic heterocycles. The molecule has 2 rings (SSSR count). The number of nitrogens with one attached hydrogen (secondary N) is 1. The first kappa shape index (κ1) is 13.7. The van der Waals surface area contributed by atoms with E-state index in [4.69, 9.17) is 5.11 Å². The van der Waals surface area contributed by atoms with Gasteiger partial charge in [-0.1, -0.05) is 24.3 Å². The van der Waals surface area contributed by atoms with E-state index in [2.05, 4.69) is 10.3 Å². The first-order chi connectivity index (χ1) is 9.10. The summed E-state index contributed by atoms with van der Waals surface area (Å²) in [6.07, 6.45) is 0.806. The molecular formula is C12H12N2O3S2. The number of nitrogens with zero attached hydrogens (tertiary/aromatic N) is 1. The molecule has 0 fully saturated rings. The third-order valence-corrected chi connectivity index (χ3v) is 4.27. The summed E-state index contributed by atoms with van der Waals surface area (Å²) in [6.45, 7) is 1.83. The number of thiazole rings is 1. The Bertz CT molecular complexity index is 590. The van der Waals surface area contributed by atoms with Gasteiger partial charge in [0.05, 0.1) is 12.1 Å². The Hall–Kier alpha value is -1.73. The largest absolute Gasteiger partial charge is 0.477 e. The number of aryl methyl sites for hydroxylation is 1. The number of carbonyl (C=O) groups is 2. The van der Waals surface area contributed by atoms with Crippen molar-refractivity contribution in [2.75, 3.05) is 5.32 Å². The van der Waals surface area contributed by atoms with Crippen molar-refractivity contribution >= 4 is 39.7 Å². The van der Waals surface area contributed by atoms with Gasteiger partial charge < -0.3 is 10.4 Å². The molecule has 0 unspecified atom stereocenters. The fraction of sp³-hybridized carbons (Fsp3) is 0.250. The first-order valence-electron chi connectivity index (χ1n) is 5.65. The van der Waals surface area contributed by atoms with Crippen LogP contribution in [0.25, 0.3) is 0 Å². The maximum absolute atomic E-state index is 11.8. The number of aromatic carboxylic acids is 1. The third-order valence-electron chi connectivity index (χ3n) is 2.39. The molecule has 0 aromatic carbocycles. The zero-order chi connectivity index (χ0) is 13.8. The fourth-order valence-corrected chi connectivity index (χ4v) is 3.16. The van der Waals surface area contributed by atoms with Gasteiger partial charge in [0.15, 0.2) is 5.13 Å². The van der Waals surface area contributed by atoms with E-state index in [0.29, 0.717) is 17.2 Å². The number of aromatic nitrogens is 1. The van der Waals surface area contributed by atoms with Crippen LogP contribution in [0.15, 0.2) is 17.5 Å². The minimum atomic E-state index is -1.01. The Morgan fingerprint density at radius 2 is 2.26 bits per heavy atom. The highest BCUT2D eigenvalue weighted by Gasteiger charge is 2.17. The highest BCUT2D eigenvalue weighted by atomic mass is 32.1. The smallest absolute Gasteiger partial charge is 0.347 e. The van der Waals surface area contributed by atoms with Gasteiger partial charge in [-0.3, -0.25) is 4.79 Å². The number of thiophene rings is 1. The lowest BCUT2D eigenvalue weighted by Gasteiger charge is -1.98. The molecular weight excluding hydrogens is 284 g/mol. The van der Waals surface area contributed by atoms with Crippen molar-refractivity contribution in [2.24, 2.45) is 0 Å². The second-order valence-corrected chi connectivity index (χ2v) is 5.79. The summed E-state index contributed by atoms with van der Waals surface area (Å²) in [5, 5.41) is 13.9. The molecule has 0 saturated heterocycles. The number of hydrogen-bond donors (Lipinski definition) is 2. The molecule has 0 atom stereocenters. The van der Waals surface area contributed by atoms with Crippen molar-refractivity contribution in [3.05, 3.63) is 33.0 Å². The molecule has 0 aliphatic carbocycles. The topological polar surface area (TPSA) is 79.3 Å². The van der Waals surface area contributed by atoms with Crippen LogP contribution < -0.4 is 5.32 Å². The van der Waals surface area contributed by atoms with Crippen LogP contribution in [-0.4, -0.2) is 22.0 Å². The summed E-state index contributed by atoms with van der Waals surface area (Å²) in [5.74, 6) is -1.19. The predicted molar refractivity (Wildman–Crippen MR) is 75.1 cm³/mol. The molecule has 0 aliphatic rings. The van der Waals surface area contributed by atoms with E-state index in [1.807, 2.05) is 24.4 Å². The number of rotatable bonds is 5. The summed E-state index contributed by atoms with van der Waals surface area (Å²) in [6, 6.07) is 3.76. The second kappa shape index (κ2) is 5.94. The lowest BCUT2D eigenvalue weighted by atomic mass is 10.3. The molecule has 2 aromatic rings. The Balaban J connectivity index is 2.06. The normalized spacial score (nSPS) is 10.4. The minimum Gasteiger partial charge on any atom is -0.477 e. The van der Waals surface area contributed by atoms with Crippen LogP contribution in [0.2, 0.25) is 0 Å². The number of hydrogen-bond acceptors (Lipinski definition) is 5. The average molecular weight is 296 g/mol. The van der Waals surface area contributed by atoms with E-state index in [9.17, 15) is 9.59 Å². The van der Waals surface area contributed by atoms with Crippen LogP contribution in [0.1, 0.15) is 27.2 Å². The monoisotopic (exact) mass is 296 g/mol. The molecule has 7 heteroatoms. The second-order valence-electron chi connectivity index (χ2n) is 3.76. The Labute approximate surface area is 117 Å². The Morgan fingerprint density at radius 1 is 1.47 bits per heavy atom. The zero-order valence-corrected chi connectivity index (χ0v) is 11.8. The molecule has 100 valence electrons. The zero-order valence-electron chi connectivity index (χ0n) is 10.2. The van der Waals surface area contributed by atoms with Crippen molar-refractivity contribution in [2.45, 2.75) is 19.8 Å². The van der Waals surface area contributed by atoms with Gasteiger partial charge in [0, 0.05) is 4.88 Å². The van der Waals surface area contributed by atoms with Gasteiger partial charge in [-0.25, -0.2) is 9.78 Å². The number of carboxylic acids is 1. The summed E-state index contributed by atoms with van der Waals surface area (Å²) >= 11 is 2.50. The predicted octanol–water partition coefficient (Wildman–Crippen LogP) is 2.65. The summed E-state index contributed by atoms with van der Waals surface area (Å²) in [4.78, 5) is 28.0. The Morgan fingerprint density at radius 3 is 2.79 bits per heavy atom. The van der Waals surface area contributed by atoms with Crippen LogP contribution >= 0.6 is 22.7 Å². The van der Waals surface area contributed by atoms with Crippen molar-refractivity contribution in [3.8, 4) is 0 Å². The van der Waals surface area contributed by atoms with Crippen LogP contribution in [0, 0.1) is 0 Å². The number of carboxylic acid groups (broad SMARTS) is 1. The maximum atomic E-state index is 11.8. The molecule has 2 N–H and O–H groups in total. The van der Waals surface area contributed by atoms with Crippen molar-refractivity contribution in [1.82, 2.24) is 4.98 Å². The molecule has 19 heavy (non-hydrogen) atoms. The van der Waals surface area contributed by atoms with E-state index in [-0.39, 0.29) is 17.2 Å². The highest BCUT2D eigenvalue weighted by molar-refractivity contribution is 7.17. The van der Waals surface area contributed by atoms with Crippen LogP contribution in [0.3, 0.4) is 0 Å². The van der Waals surface area contributed by atoms with Gasteiger partial charge in [-0.2, -0.15) is 0 Å². The van der Waals surface area contributed by atoms with Crippen molar-refractivity contribution < 1.29 is 14.7 Å². The van der Waals surface area contributed by atoms with Gasteiger partial charge in [0.25, 0.3) is 0 Å². The molecule has 0 spiro atoms. The van der Waals surface area contributed by atoms with Gasteiger partial charge in [0.1, 0.15) is 4.88 Å². The molecule has 1 amide bonds. The lowest BCUT2D eigenvalue weighted by molar-refractivity contribution is -0.115. The van der Waals surface area contributed by atoms with Crippen LogP contribution in [0.4, 0.5) is 5.13 Å². The van der Waals surface area contributed by atoms with E-state index in [1.54, 1.807) is 0 Å². The summed E-state index contributed by atoms with van der Waals surface area (Å²) in [7, 11) is 0. The van der Waals surface area contributed by atoms with Gasteiger partial charge >= 0.3 is 5.97 Å². The number of amides is 1. The third kappa shape index (κ3) is 3.39. The minimum absolute atomic E-state index is 0.184. The van der Waals surface area contributed by atoms with E-state index in [1.165, 1.54) is 11.3 Å².